The molecule has 1 N–H and O–H groups in total. The molecule has 120 valence electrons. The van der Waals surface area contributed by atoms with Gasteiger partial charge >= 0.3 is 0 Å². The van der Waals surface area contributed by atoms with Crippen LogP contribution >= 0.6 is 0 Å². The van der Waals surface area contributed by atoms with Crippen LogP contribution in [-0.4, -0.2) is 22.3 Å². The van der Waals surface area contributed by atoms with Gasteiger partial charge in [-0.3, -0.25) is 4.21 Å². The Bertz CT molecular complexity index is 425. The molecule has 21 heavy (non-hydrogen) atoms. The van der Waals surface area contributed by atoms with Gasteiger partial charge in [-0.2, -0.15) is 0 Å². The van der Waals surface area contributed by atoms with Crippen LogP contribution in [-0.2, 0) is 10.8 Å². The van der Waals surface area contributed by atoms with Gasteiger partial charge < -0.3 is 5.32 Å². The molecule has 2 atom stereocenters. The average molecular weight is 310 g/mol. The molecule has 0 amide bonds. The van der Waals surface area contributed by atoms with Gasteiger partial charge in [-0.1, -0.05) is 58.9 Å². The smallest absolute Gasteiger partial charge is 0.0436 e. The highest BCUT2D eigenvalue weighted by molar-refractivity contribution is 7.85. The molecule has 0 aliphatic rings. The van der Waals surface area contributed by atoms with Crippen LogP contribution in [0.3, 0.4) is 0 Å². The van der Waals surface area contributed by atoms with Gasteiger partial charge in [0.05, 0.1) is 0 Å². The van der Waals surface area contributed by atoms with Crippen molar-refractivity contribution in [2.75, 3.05) is 18.1 Å². The molecular weight excluding hydrogens is 278 g/mol. The summed E-state index contributed by atoms with van der Waals surface area (Å²) in [7, 11) is -0.749. The second-order valence-electron chi connectivity index (χ2n) is 6.42. The highest BCUT2D eigenvalue weighted by atomic mass is 32.2. The first-order valence-corrected chi connectivity index (χ1v) is 9.61. The van der Waals surface area contributed by atoms with E-state index in [9.17, 15) is 4.21 Å². The summed E-state index contributed by atoms with van der Waals surface area (Å²) >= 11 is 0. The van der Waals surface area contributed by atoms with Crippen LogP contribution in [0.15, 0.2) is 24.3 Å². The van der Waals surface area contributed by atoms with Crippen molar-refractivity contribution in [2.45, 2.75) is 53.0 Å². The lowest BCUT2D eigenvalue weighted by atomic mass is 9.99. The quantitative estimate of drug-likeness (QED) is 0.738. The molecule has 0 radical (unpaired) electrons. The lowest BCUT2D eigenvalue weighted by Gasteiger charge is -2.19. The maximum atomic E-state index is 12.3. The molecule has 1 aromatic rings. The first-order chi connectivity index (χ1) is 9.93. The van der Waals surface area contributed by atoms with Gasteiger partial charge in [0.15, 0.2) is 0 Å². The highest BCUT2D eigenvalue weighted by Crippen LogP contribution is 2.20. The summed E-state index contributed by atoms with van der Waals surface area (Å²) in [5.74, 6) is 2.69. The summed E-state index contributed by atoms with van der Waals surface area (Å²) in [4.78, 5) is 0. The van der Waals surface area contributed by atoms with Crippen molar-refractivity contribution in [3.05, 3.63) is 35.4 Å². The summed E-state index contributed by atoms with van der Waals surface area (Å²) in [6.07, 6.45) is 1.04. The molecular formula is C18H31NOS. The van der Waals surface area contributed by atoms with Crippen LogP contribution in [0.25, 0.3) is 0 Å². The molecule has 0 bridgehead atoms. The zero-order valence-electron chi connectivity index (χ0n) is 14.2. The van der Waals surface area contributed by atoms with Crippen molar-refractivity contribution in [1.29, 1.82) is 0 Å². The Morgan fingerprint density at radius 3 is 2.10 bits per heavy atom. The molecule has 0 aliphatic carbocycles. The molecule has 0 heterocycles. The van der Waals surface area contributed by atoms with Crippen LogP contribution in [0.1, 0.15) is 64.1 Å². The van der Waals surface area contributed by atoms with Crippen molar-refractivity contribution in [2.24, 2.45) is 5.92 Å². The number of rotatable bonds is 9. The van der Waals surface area contributed by atoms with Gasteiger partial charge in [0.2, 0.25) is 0 Å². The molecule has 2 unspecified atom stereocenters. The largest absolute Gasteiger partial charge is 0.309 e. The molecule has 3 heteroatoms. The lowest BCUT2D eigenvalue weighted by Crippen LogP contribution is -2.27. The van der Waals surface area contributed by atoms with Crippen LogP contribution in [0.4, 0.5) is 0 Å². The first-order valence-electron chi connectivity index (χ1n) is 8.12. The Hall–Kier alpha value is -0.670. The van der Waals surface area contributed by atoms with Crippen molar-refractivity contribution in [3.8, 4) is 0 Å². The lowest BCUT2D eigenvalue weighted by molar-refractivity contribution is 0.586. The van der Waals surface area contributed by atoms with E-state index in [4.69, 9.17) is 0 Å². The third kappa shape index (κ3) is 6.75. The molecule has 0 aromatic heterocycles. The van der Waals surface area contributed by atoms with Crippen molar-refractivity contribution < 1.29 is 4.21 Å². The van der Waals surface area contributed by atoms with Gasteiger partial charge in [0.1, 0.15) is 0 Å². The van der Waals surface area contributed by atoms with Crippen LogP contribution < -0.4 is 5.32 Å². The summed E-state index contributed by atoms with van der Waals surface area (Å²) in [6, 6.07) is 8.96. The van der Waals surface area contributed by atoms with E-state index in [2.05, 4.69) is 64.2 Å². The summed E-state index contributed by atoms with van der Waals surface area (Å²) < 4.78 is 12.3. The third-order valence-corrected chi connectivity index (χ3v) is 5.13. The highest BCUT2D eigenvalue weighted by Gasteiger charge is 2.14. The fourth-order valence-electron chi connectivity index (χ4n) is 2.27. The van der Waals surface area contributed by atoms with Crippen molar-refractivity contribution >= 4 is 10.8 Å². The van der Waals surface area contributed by atoms with Crippen molar-refractivity contribution in [3.63, 3.8) is 0 Å². The molecule has 1 rings (SSSR count). The van der Waals surface area contributed by atoms with E-state index in [1.165, 1.54) is 11.1 Å². The van der Waals surface area contributed by atoms with Gasteiger partial charge in [-0.15, -0.1) is 0 Å². The molecule has 0 saturated heterocycles. The molecule has 0 aliphatic heterocycles. The molecule has 0 saturated carbocycles. The van der Waals surface area contributed by atoms with E-state index < -0.39 is 10.8 Å². The van der Waals surface area contributed by atoms with Crippen LogP contribution in [0.5, 0.6) is 0 Å². The monoisotopic (exact) mass is 309 g/mol. The maximum Gasteiger partial charge on any atom is 0.0436 e. The topological polar surface area (TPSA) is 29.1 Å². The van der Waals surface area contributed by atoms with Gasteiger partial charge in [0, 0.05) is 28.3 Å². The van der Waals surface area contributed by atoms with Crippen LogP contribution in [0, 0.1) is 5.92 Å². The van der Waals surface area contributed by atoms with Crippen molar-refractivity contribution in [1.82, 2.24) is 5.32 Å². The number of benzene rings is 1. The van der Waals surface area contributed by atoms with Gasteiger partial charge in [0.25, 0.3) is 0 Å². The molecule has 0 fully saturated rings. The second-order valence-corrected chi connectivity index (χ2v) is 8.05. The van der Waals surface area contributed by atoms with E-state index in [1.54, 1.807) is 0 Å². The average Bonchev–Trinajstić information content (AvgIpc) is 2.45. The zero-order valence-corrected chi connectivity index (χ0v) is 15.0. The minimum Gasteiger partial charge on any atom is -0.309 e. The second kappa shape index (κ2) is 9.37. The van der Waals surface area contributed by atoms with E-state index in [0.717, 1.165) is 18.7 Å². The minimum atomic E-state index is -0.749. The summed E-state index contributed by atoms with van der Waals surface area (Å²) in [6.45, 7) is 11.8. The summed E-state index contributed by atoms with van der Waals surface area (Å²) in [5.41, 5.74) is 2.61. The molecule has 1 aromatic carbocycles. The predicted octanol–water partition coefficient (Wildman–Crippen LogP) is 4.26. The third-order valence-electron chi connectivity index (χ3n) is 3.73. The standard InChI is InChI=1S/C18H31NOS/c1-6-19-18(13-21(20)12-11-14(2)3)17-9-7-16(8-10-17)15(4)5/h7-10,14-15,18-19H,6,11-13H2,1-5H3. The SMILES string of the molecule is CCNC(CS(=O)CCC(C)C)c1ccc(C(C)C)cc1. The predicted molar refractivity (Wildman–Crippen MR) is 94.3 cm³/mol. The number of hydrogen-bond donors (Lipinski definition) is 1. The maximum absolute atomic E-state index is 12.3. The van der Waals surface area contributed by atoms with E-state index in [-0.39, 0.29) is 6.04 Å². The summed E-state index contributed by atoms with van der Waals surface area (Å²) in [5, 5.41) is 3.47. The Kier molecular flexibility index (Phi) is 8.20. The molecule has 0 spiro atoms. The Labute approximate surface area is 133 Å². The Balaban J connectivity index is 2.69. The number of nitrogens with one attached hydrogen (secondary N) is 1. The fourth-order valence-corrected chi connectivity index (χ4v) is 3.85. The van der Waals surface area contributed by atoms with Crippen LogP contribution in [0.2, 0.25) is 0 Å². The number of hydrogen-bond acceptors (Lipinski definition) is 2. The van der Waals surface area contributed by atoms with E-state index in [1.807, 2.05) is 0 Å². The minimum absolute atomic E-state index is 0.198. The fraction of sp³-hybridized carbons (Fsp3) is 0.667. The zero-order chi connectivity index (χ0) is 15.8. The first kappa shape index (κ1) is 18.4. The Morgan fingerprint density at radius 1 is 1.05 bits per heavy atom. The molecule has 2 nitrogen and oxygen atoms in total. The normalized spacial score (nSPS) is 14.6. The van der Waals surface area contributed by atoms with E-state index >= 15 is 0 Å². The van der Waals surface area contributed by atoms with Gasteiger partial charge in [-0.05, 0) is 35.9 Å². The van der Waals surface area contributed by atoms with E-state index in [0.29, 0.717) is 17.6 Å². The van der Waals surface area contributed by atoms with Gasteiger partial charge in [-0.25, -0.2) is 0 Å². The Morgan fingerprint density at radius 2 is 1.62 bits per heavy atom.